The minimum Gasteiger partial charge on any atom is -0.312 e. The van der Waals surface area contributed by atoms with Crippen molar-refractivity contribution in [3.63, 3.8) is 0 Å². The van der Waals surface area contributed by atoms with Crippen molar-refractivity contribution in [3.8, 4) is 0 Å². The van der Waals surface area contributed by atoms with E-state index >= 15 is 0 Å². The summed E-state index contributed by atoms with van der Waals surface area (Å²) in [4.78, 5) is 17.3. The fraction of sp³-hybridized carbons (Fsp3) is 0.667. The number of carbonyl (C=O) groups excluding carboxylic acids is 1. The zero-order chi connectivity index (χ0) is 13.0. The van der Waals surface area contributed by atoms with Crippen LogP contribution in [0.2, 0.25) is 0 Å². The first kappa shape index (κ1) is 16.8. The Bertz CT molecular complexity index is 405. The number of thiazole rings is 1. The molecule has 19 heavy (non-hydrogen) atoms. The Kier molecular flexibility index (Phi) is 7.13. The van der Waals surface area contributed by atoms with Crippen LogP contribution in [0.3, 0.4) is 0 Å². The maximum atomic E-state index is 11.9. The molecule has 2 N–H and O–H groups in total. The zero-order valence-corrected chi connectivity index (χ0v) is 13.6. The van der Waals surface area contributed by atoms with Crippen LogP contribution >= 0.6 is 35.5 Å². The van der Waals surface area contributed by atoms with Gasteiger partial charge in [0, 0.05) is 41.6 Å². The first-order valence-corrected chi connectivity index (χ1v) is 8.19. The average molecular weight is 322 g/mol. The molecule has 108 valence electrons. The van der Waals surface area contributed by atoms with Crippen molar-refractivity contribution in [2.24, 2.45) is 0 Å². The van der Waals surface area contributed by atoms with E-state index in [4.69, 9.17) is 0 Å². The largest absolute Gasteiger partial charge is 0.312 e. The van der Waals surface area contributed by atoms with Gasteiger partial charge in [0.2, 0.25) is 5.91 Å². The second kappa shape index (κ2) is 8.09. The Hall–Kier alpha value is -0.300. The molecule has 2 rings (SSSR count). The van der Waals surface area contributed by atoms with Crippen molar-refractivity contribution < 1.29 is 4.79 Å². The smallest absolute Gasteiger partial charge is 0.227 e. The Morgan fingerprint density at radius 2 is 2.42 bits per heavy atom. The number of halogens is 1. The molecule has 1 fully saturated rings. The van der Waals surface area contributed by atoms with Crippen molar-refractivity contribution in [1.82, 2.24) is 10.3 Å². The SMILES string of the molecule is CC(C)c1cnc(NC(=O)CC2CSCCN2)s1.Cl. The molecule has 1 aromatic rings. The molecule has 1 saturated heterocycles. The van der Waals surface area contributed by atoms with Crippen LogP contribution < -0.4 is 10.6 Å². The number of anilines is 1. The van der Waals surface area contributed by atoms with Gasteiger partial charge in [0.05, 0.1) is 0 Å². The summed E-state index contributed by atoms with van der Waals surface area (Å²) in [7, 11) is 0. The minimum absolute atomic E-state index is 0. The van der Waals surface area contributed by atoms with E-state index in [9.17, 15) is 4.79 Å². The number of thioether (sulfide) groups is 1. The van der Waals surface area contributed by atoms with E-state index in [1.54, 1.807) is 11.3 Å². The van der Waals surface area contributed by atoms with Gasteiger partial charge in [-0.05, 0) is 5.92 Å². The molecule has 1 unspecified atom stereocenters. The lowest BCUT2D eigenvalue weighted by Crippen LogP contribution is -2.39. The third-order valence-corrected chi connectivity index (χ3v) is 5.11. The van der Waals surface area contributed by atoms with E-state index in [1.807, 2.05) is 18.0 Å². The number of hydrogen-bond acceptors (Lipinski definition) is 5. The first-order valence-electron chi connectivity index (χ1n) is 6.22. The molecule has 1 aromatic heterocycles. The standard InChI is InChI=1S/C12H19N3OS2.ClH/c1-8(2)10-6-14-12(18-10)15-11(16)5-9-7-17-4-3-13-9;/h6,8-9,13H,3-5,7H2,1-2H3,(H,14,15,16);1H. The number of rotatable bonds is 4. The normalized spacial score (nSPS) is 19.0. The molecule has 0 radical (unpaired) electrons. The van der Waals surface area contributed by atoms with Gasteiger partial charge in [-0.25, -0.2) is 4.98 Å². The van der Waals surface area contributed by atoms with E-state index in [-0.39, 0.29) is 18.3 Å². The topological polar surface area (TPSA) is 54.0 Å². The monoisotopic (exact) mass is 321 g/mol. The van der Waals surface area contributed by atoms with Crippen LogP contribution in [0.4, 0.5) is 5.13 Å². The molecule has 0 spiro atoms. The van der Waals surface area contributed by atoms with Gasteiger partial charge in [-0.1, -0.05) is 13.8 Å². The highest BCUT2D eigenvalue weighted by Crippen LogP contribution is 2.25. The van der Waals surface area contributed by atoms with Crippen LogP contribution in [0.15, 0.2) is 6.20 Å². The third-order valence-electron chi connectivity index (χ3n) is 2.77. The molecule has 0 bridgehead atoms. The van der Waals surface area contributed by atoms with Gasteiger partial charge in [-0.2, -0.15) is 11.8 Å². The fourth-order valence-electron chi connectivity index (χ4n) is 1.76. The second-order valence-corrected chi connectivity index (χ2v) is 6.91. The molecular formula is C12H20ClN3OS2. The summed E-state index contributed by atoms with van der Waals surface area (Å²) in [6, 6.07) is 0.299. The molecule has 0 aromatic carbocycles. The number of hydrogen-bond donors (Lipinski definition) is 2. The van der Waals surface area contributed by atoms with Crippen LogP contribution in [0.1, 0.15) is 31.1 Å². The van der Waals surface area contributed by atoms with Crippen LogP contribution in [0, 0.1) is 0 Å². The fourth-order valence-corrected chi connectivity index (χ4v) is 3.54. The quantitative estimate of drug-likeness (QED) is 0.895. The number of carbonyl (C=O) groups is 1. The average Bonchev–Trinajstić information content (AvgIpc) is 2.78. The summed E-state index contributed by atoms with van der Waals surface area (Å²) < 4.78 is 0. The molecule has 1 aliphatic heterocycles. The van der Waals surface area contributed by atoms with Crippen LogP contribution in [0.25, 0.3) is 0 Å². The lowest BCUT2D eigenvalue weighted by Gasteiger charge is -2.22. The van der Waals surface area contributed by atoms with E-state index < -0.39 is 0 Å². The summed E-state index contributed by atoms with van der Waals surface area (Å²) in [6.45, 7) is 5.25. The summed E-state index contributed by atoms with van der Waals surface area (Å²) >= 11 is 3.47. The Labute approximate surface area is 128 Å². The van der Waals surface area contributed by atoms with Crippen LogP contribution in [0.5, 0.6) is 0 Å². The van der Waals surface area contributed by atoms with Crippen molar-refractivity contribution >= 4 is 46.5 Å². The third kappa shape index (κ3) is 5.30. The van der Waals surface area contributed by atoms with Crippen LogP contribution in [-0.4, -0.2) is 35.0 Å². The van der Waals surface area contributed by atoms with Crippen molar-refractivity contribution in [3.05, 3.63) is 11.1 Å². The summed E-state index contributed by atoms with van der Waals surface area (Å²) in [6.07, 6.45) is 2.38. The zero-order valence-electron chi connectivity index (χ0n) is 11.1. The molecule has 0 saturated carbocycles. The van der Waals surface area contributed by atoms with E-state index in [0.29, 0.717) is 23.5 Å². The molecule has 1 atom stereocenters. The number of amides is 1. The van der Waals surface area contributed by atoms with Gasteiger partial charge >= 0.3 is 0 Å². The van der Waals surface area contributed by atoms with Crippen molar-refractivity contribution in [1.29, 1.82) is 0 Å². The highest BCUT2D eigenvalue weighted by molar-refractivity contribution is 7.99. The predicted octanol–water partition coefficient (Wildman–Crippen LogP) is 2.72. The Morgan fingerprint density at radius 3 is 3.00 bits per heavy atom. The molecule has 1 aliphatic rings. The maximum absolute atomic E-state index is 11.9. The number of nitrogens with zero attached hydrogens (tertiary/aromatic N) is 1. The first-order chi connectivity index (χ1) is 8.65. The summed E-state index contributed by atoms with van der Waals surface area (Å²) in [5, 5.41) is 6.96. The number of aromatic nitrogens is 1. The predicted molar refractivity (Wildman–Crippen MR) is 85.8 cm³/mol. The Morgan fingerprint density at radius 1 is 1.63 bits per heavy atom. The second-order valence-electron chi connectivity index (χ2n) is 4.70. The van der Waals surface area contributed by atoms with Gasteiger partial charge < -0.3 is 10.6 Å². The van der Waals surface area contributed by atoms with E-state index in [2.05, 4.69) is 29.5 Å². The molecule has 4 nitrogen and oxygen atoms in total. The van der Waals surface area contributed by atoms with Gasteiger partial charge in [0.1, 0.15) is 0 Å². The van der Waals surface area contributed by atoms with E-state index in [0.717, 1.165) is 18.1 Å². The van der Waals surface area contributed by atoms with Gasteiger partial charge in [-0.15, -0.1) is 23.7 Å². The van der Waals surface area contributed by atoms with E-state index in [1.165, 1.54) is 4.88 Å². The summed E-state index contributed by atoms with van der Waals surface area (Å²) in [5.74, 6) is 2.68. The Balaban J connectivity index is 0.00000180. The lowest BCUT2D eigenvalue weighted by atomic mass is 10.2. The molecule has 0 aliphatic carbocycles. The molecular weight excluding hydrogens is 302 g/mol. The molecule has 2 heterocycles. The minimum atomic E-state index is 0. The number of nitrogens with one attached hydrogen (secondary N) is 2. The lowest BCUT2D eigenvalue weighted by molar-refractivity contribution is -0.116. The van der Waals surface area contributed by atoms with Crippen LogP contribution in [-0.2, 0) is 4.79 Å². The molecule has 7 heteroatoms. The summed E-state index contributed by atoms with van der Waals surface area (Å²) in [5.41, 5.74) is 0. The van der Waals surface area contributed by atoms with Gasteiger partial charge in [0.15, 0.2) is 5.13 Å². The molecule has 1 amide bonds. The highest BCUT2D eigenvalue weighted by Gasteiger charge is 2.17. The maximum Gasteiger partial charge on any atom is 0.227 e. The van der Waals surface area contributed by atoms with Gasteiger partial charge in [0.25, 0.3) is 0 Å². The van der Waals surface area contributed by atoms with Gasteiger partial charge in [-0.3, -0.25) is 4.79 Å². The van der Waals surface area contributed by atoms with Crippen molar-refractivity contribution in [2.75, 3.05) is 23.4 Å². The highest BCUT2D eigenvalue weighted by atomic mass is 35.5. The van der Waals surface area contributed by atoms with Crippen molar-refractivity contribution in [2.45, 2.75) is 32.2 Å².